The van der Waals surface area contributed by atoms with Crippen LogP contribution < -0.4 is 16.2 Å². The van der Waals surface area contributed by atoms with Crippen LogP contribution >= 0.6 is 0 Å². The topological polar surface area (TPSA) is 114 Å². The largest absolute Gasteiger partial charge is 0.326 e. The number of nitrogens with one attached hydrogen (secondary N) is 3. The first-order chi connectivity index (χ1) is 15.6. The minimum atomic E-state index is -0.582. The molecule has 1 aliphatic heterocycles. The second-order valence-corrected chi connectivity index (χ2v) is 7.36. The number of carbonyl (C=O) groups excluding carboxylic acids is 2. The van der Waals surface area contributed by atoms with E-state index in [1.165, 1.54) is 0 Å². The number of nitrogens with zero attached hydrogens (tertiary/aromatic N) is 4. The maximum Gasteiger partial charge on any atom is 0.269 e. The maximum atomic E-state index is 13.3. The third kappa shape index (κ3) is 3.35. The predicted molar refractivity (Wildman–Crippen MR) is 123 cm³/mol. The Kier molecular flexibility index (Phi) is 4.83. The molecule has 1 aliphatic rings. The van der Waals surface area contributed by atoms with Crippen molar-refractivity contribution in [2.45, 2.75) is 13.0 Å². The van der Waals surface area contributed by atoms with Crippen LogP contribution in [0.5, 0.6) is 0 Å². The molecule has 2 heterocycles. The SMILES string of the molecule is CC1=C(C(=O)NNC(=O)c2ccccc2)C(c2cccc3ccccc23)n2nnnc2N1.[HH].[HH]. The van der Waals surface area contributed by atoms with Crippen LogP contribution in [0.2, 0.25) is 0 Å². The van der Waals surface area contributed by atoms with Gasteiger partial charge in [0.15, 0.2) is 0 Å². The summed E-state index contributed by atoms with van der Waals surface area (Å²) in [5.74, 6) is -0.436. The molecule has 3 N–H and O–H groups in total. The number of tetrazole rings is 1. The molecule has 9 nitrogen and oxygen atoms in total. The van der Waals surface area contributed by atoms with Gasteiger partial charge in [-0.05, 0) is 45.8 Å². The molecule has 0 radical (unpaired) electrons. The molecule has 1 aromatic heterocycles. The first kappa shape index (κ1) is 19.4. The number of hydrogen-bond acceptors (Lipinski definition) is 6. The molecule has 1 atom stereocenters. The number of hydrogen-bond donors (Lipinski definition) is 3. The number of anilines is 1. The lowest BCUT2D eigenvalue weighted by atomic mass is 9.91. The Bertz CT molecular complexity index is 1370. The minimum absolute atomic E-state index is 0. The van der Waals surface area contributed by atoms with Gasteiger partial charge in [-0.3, -0.25) is 20.4 Å². The number of aromatic nitrogens is 4. The number of amides is 2. The lowest BCUT2D eigenvalue weighted by molar-refractivity contribution is -0.118. The van der Waals surface area contributed by atoms with Crippen LogP contribution in [-0.2, 0) is 4.79 Å². The predicted octanol–water partition coefficient (Wildman–Crippen LogP) is 3.07. The third-order valence-electron chi connectivity index (χ3n) is 5.40. The molecule has 0 spiro atoms. The van der Waals surface area contributed by atoms with E-state index in [4.69, 9.17) is 0 Å². The summed E-state index contributed by atoms with van der Waals surface area (Å²) in [5.41, 5.74) is 7.32. The monoisotopic (exact) mass is 429 g/mol. The van der Waals surface area contributed by atoms with E-state index in [0.29, 0.717) is 22.8 Å². The van der Waals surface area contributed by atoms with Gasteiger partial charge >= 0.3 is 0 Å². The van der Waals surface area contributed by atoms with E-state index in [9.17, 15) is 9.59 Å². The fourth-order valence-corrected chi connectivity index (χ4v) is 3.93. The second-order valence-electron chi connectivity index (χ2n) is 7.36. The Balaban J connectivity index is 0.00000162. The number of benzene rings is 3. The van der Waals surface area contributed by atoms with Crippen LogP contribution in [0.3, 0.4) is 0 Å². The molecule has 0 saturated heterocycles. The average molecular weight is 429 g/mol. The molecular formula is C23H23N7O2. The quantitative estimate of drug-likeness (QED) is 0.431. The van der Waals surface area contributed by atoms with E-state index in [1.807, 2.05) is 48.5 Å². The normalized spacial score (nSPS) is 15.1. The van der Waals surface area contributed by atoms with Gasteiger partial charge in [-0.25, -0.2) is 0 Å². The molecule has 5 rings (SSSR count). The van der Waals surface area contributed by atoms with Gasteiger partial charge in [0.05, 0.1) is 5.57 Å². The van der Waals surface area contributed by atoms with Crippen molar-refractivity contribution in [2.75, 3.05) is 5.32 Å². The molecule has 3 aromatic carbocycles. The standard InChI is InChI=1S/C23H19N7O2.2H2/c1-14-19(22(32)26-25-21(31)16-9-3-2-4-10-16)20(30-23(24-14)27-28-29-30)18-13-7-11-15-8-5-6-12-17(15)18;;/h2-13,20H,1H3,(H,25,31)(H,26,32)(H,24,27,29);2*1H. The molecule has 0 aliphatic carbocycles. The summed E-state index contributed by atoms with van der Waals surface area (Å²) in [4.78, 5) is 25.7. The number of carbonyl (C=O) groups is 2. The smallest absolute Gasteiger partial charge is 0.269 e. The summed E-state index contributed by atoms with van der Waals surface area (Å²) >= 11 is 0. The first-order valence-corrected chi connectivity index (χ1v) is 10.0. The van der Waals surface area contributed by atoms with Crippen molar-refractivity contribution in [3.63, 3.8) is 0 Å². The highest BCUT2D eigenvalue weighted by molar-refractivity contribution is 6.01. The van der Waals surface area contributed by atoms with Crippen molar-refractivity contribution in [1.29, 1.82) is 0 Å². The fraction of sp³-hybridized carbons (Fsp3) is 0.0870. The van der Waals surface area contributed by atoms with Crippen molar-refractivity contribution in [3.8, 4) is 0 Å². The molecule has 4 aromatic rings. The Labute approximate surface area is 186 Å². The maximum absolute atomic E-state index is 13.3. The Morgan fingerprint density at radius 1 is 0.938 bits per heavy atom. The summed E-state index contributed by atoms with van der Waals surface area (Å²) in [7, 11) is 0. The molecule has 32 heavy (non-hydrogen) atoms. The minimum Gasteiger partial charge on any atom is -0.326 e. The van der Waals surface area contributed by atoms with Crippen molar-refractivity contribution < 1.29 is 12.4 Å². The summed E-state index contributed by atoms with van der Waals surface area (Å²) in [6, 6.07) is 21.9. The summed E-state index contributed by atoms with van der Waals surface area (Å²) in [6.45, 7) is 1.78. The van der Waals surface area contributed by atoms with Gasteiger partial charge < -0.3 is 5.32 Å². The van der Waals surface area contributed by atoms with E-state index < -0.39 is 17.9 Å². The Morgan fingerprint density at radius 2 is 1.66 bits per heavy atom. The third-order valence-corrected chi connectivity index (χ3v) is 5.40. The van der Waals surface area contributed by atoms with E-state index in [2.05, 4.69) is 31.7 Å². The zero-order valence-electron chi connectivity index (χ0n) is 17.1. The van der Waals surface area contributed by atoms with Crippen LogP contribution in [0.1, 0.15) is 31.7 Å². The van der Waals surface area contributed by atoms with Crippen LogP contribution in [0.4, 0.5) is 5.95 Å². The lowest BCUT2D eigenvalue weighted by Crippen LogP contribution is -2.45. The van der Waals surface area contributed by atoms with Crippen LogP contribution in [0.15, 0.2) is 84.1 Å². The van der Waals surface area contributed by atoms with E-state index in [1.54, 1.807) is 35.9 Å². The number of hydrazine groups is 1. The fourth-order valence-electron chi connectivity index (χ4n) is 3.93. The highest BCUT2D eigenvalue weighted by Gasteiger charge is 2.35. The highest BCUT2D eigenvalue weighted by atomic mass is 16.2. The van der Waals surface area contributed by atoms with Crippen molar-refractivity contribution >= 4 is 28.5 Å². The van der Waals surface area contributed by atoms with Crippen LogP contribution in [-0.4, -0.2) is 32.0 Å². The number of allylic oxidation sites excluding steroid dienone is 1. The number of rotatable bonds is 3. The van der Waals surface area contributed by atoms with Gasteiger partial charge in [0.25, 0.3) is 11.8 Å². The molecule has 0 saturated carbocycles. The molecular weight excluding hydrogens is 406 g/mol. The molecule has 9 heteroatoms. The van der Waals surface area contributed by atoms with E-state index >= 15 is 0 Å². The van der Waals surface area contributed by atoms with Crippen LogP contribution in [0.25, 0.3) is 10.8 Å². The van der Waals surface area contributed by atoms with E-state index in [-0.39, 0.29) is 2.85 Å². The first-order valence-electron chi connectivity index (χ1n) is 10.0. The molecule has 162 valence electrons. The van der Waals surface area contributed by atoms with Gasteiger partial charge in [0.1, 0.15) is 6.04 Å². The van der Waals surface area contributed by atoms with Gasteiger partial charge in [0, 0.05) is 14.1 Å². The van der Waals surface area contributed by atoms with Crippen LogP contribution in [0, 0.1) is 0 Å². The molecule has 2 amide bonds. The van der Waals surface area contributed by atoms with Gasteiger partial charge in [0.2, 0.25) is 5.95 Å². The van der Waals surface area contributed by atoms with Crippen molar-refractivity contribution in [3.05, 3.63) is 95.2 Å². The van der Waals surface area contributed by atoms with Gasteiger partial charge in [-0.2, -0.15) is 4.68 Å². The Morgan fingerprint density at radius 3 is 2.50 bits per heavy atom. The van der Waals surface area contributed by atoms with Gasteiger partial charge in [-0.1, -0.05) is 65.8 Å². The van der Waals surface area contributed by atoms with Gasteiger partial charge in [-0.15, -0.1) is 0 Å². The average Bonchev–Trinajstić information content (AvgIpc) is 3.29. The van der Waals surface area contributed by atoms with Crippen molar-refractivity contribution in [2.24, 2.45) is 0 Å². The zero-order chi connectivity index (χ0) is 22.1. The Hall–Kier alpha value is -4.53. The van der Waals surface area contributed by atoms with Crippen molar-refractivity contribution in [1.82, 2.24) is 31.1 Å². The summed E-state index contributed by atoms with van der Waals surface area (Å²) in [6.07, 6.45) is 0. The van der Waals surface area contributed by atoms with E-state index in [0.717, 1.165) is 16.3 Å². The molecule has 0 fully saturated rings. The zero-order valence-corrected chi connectivity index (χ0v) is 17.1. The second kappa shape index (κ2) is 7.95. The lowest BCUT2D eigenvalue weighted by Gasteiger charge is -2.28. The summed E-state index contributed by atoms with van der Waals surface area (Å²) in [5, 5.41) is 17.0. The highest BCUT2D eigenvalue weighted by Crippen LogP contribution is 2.37. The number of fused-ring (bicyclic) bond motifs is 2. The molecule has 0 bridgehead atoms. The summed E-state index contributed by atoms with van der Waals surface area (Å²) < 4.78 is 1.57. The molecule has 1 unspecified atom stereocenters.